The molecule has 0 saturated heterocycles. The van der Waals surface area contributed by atoms with E-state index in [4.69, 9.17) is 9.47 Å². The second-order valence-corrected chi connectivity index (χ2v) is 11.2. The van der Waals surface area contributed by atoms with Crippen LogP contribution in [0.15, 0.2) is 66.0 Å². The molecule has 0 bridgehead atoms. The van der Waals surface area contributed by atoms with Crippen LogP contribution < -0.4 is 4.74 Å². The van der Waals surface area contributed by atoms with Gasteiger partial charge in [-0.2, -0.15) is 0 Å². The molecule has 8 heteroatoms. The third-order valence-corrected chi connectivity index (χ3v) is 8.08. The van der Waals surface area contributed by atoms with E-state index in [0.717, 1.165) is 36.9 Å². The lowest BCUT2D eigenvalue weighted by Crippen LogP contribution is -2.48. The molecule has 0 spiro atoms. The van der Waals surface area contributed by atoms with Crippen molar-refractivity contribution in [3.8, 4) is 5.75 Å². The number of fused-ring (bicyclic) bond motifs is 1. The number of carbonyl (C=O) groups is 1. The van der Waals surface area contributed by atoms with Crippen molar-refractivity contribution in [2.75, 3.05) is 39.4 Å². The van der Waals surface area contributed by atoms with Gasteiger partial charge in [0.25, 0.3) is 0 Å². The van der Waals surface area contributed by atoms with Crippen molar-refractivity contribution in [3.05, 3.63) is 87.9 Å². The predicted molar refractivity (Wildman–Crippen MR) is 146 cm³/mol. The number of ether oxygens (including phenoxy) is 2. The highest BCUT2D eigenvalue weighted by atomic mass is 32.1. The Morgan fingerprint density at radius 2 is 2.00 bits per heavy atom. The van der Waals surface area contributed by atoms with Gasteiger partial charge in [-0.25, -0.2) is 4.39 Å². The van der Waals surface area contributed by atoms with Crippen molar-refractivity contribution in [1.82, 2.24) is 9.80 Å². The van der Waals surface area contributed by atoms with E-state index < -0.39 is 6.10 Å². The van der Waals surface area contributed by atoms with Crippen molar-refractivity contribution < 1.29 is 23.8 Å². The van der Waals surface area contributed by atoms with E-state index in [0.29, 0.717) is 31.4 Å². The van der Waals surface area contributed by atoms with Crippen LogP contribution in [0, 0.1) is 11.7 Å². The number of aliphatic hydroxyl groups is 1. The summed E-state index contributed by atoms with van der Waals surface area (Å²) in [5.74, 6) is 0.705. The average Bonchev–Trinajstić information content (AvgIpc) is 3.59. The number of rotatable bonds is 13. The van der Waals surface area contributed by atoms with Gasteiger partial charge in [0.1, 0.15) is 18.2 Å². The molecule has 6 nitrogen and oxygen atoms in total. The van der Waals surface area contributed by atoms with Gasteiger partial charge in [0.15, 0.2) is 0 Å². The SMILES string of the molecule is O=C(CN(CC1CC1)C[C@@H](O)COCc1ccccc1)N1CCc2sccc2[C@H]1COc1cccc(F)c1. The molecule has 1 saturated carbocycles. The summed E-state index contributed by atoms with van der Waals surface area (Å²) in [6.45, 7) is 2.96. The fourth-order valence-electron chi connectivity index (χ4n) is 5.00. The first-order valence-electron chi connectivity index (χ1n) is 13.3. The van der Waals surface area contributed by atoms with Gasteiger partial charge in [0.2, 0.25) is 5.91 Å². The van der Waals surface area contributed by atoms with Crippen LogP contribution >= 0.6 is 11.3 Å². The van der Waals surface area contributed by atoms with Gasteiger partial charge in [-0.05, 0) is 59.9 Å². The molecular formula is C30H35FN2O4S. The van der Waals surface area contributed by atoms with Crippen LogP contribution in [0.3, 0.4) is 0 Å². The zero-order valence-electron chi connectivity index (χ0n) is 21.5. The normalized spacial score (nSPS) is 17.9. The maximum atomic E-state index is 13.7. The topological polar surface area (TPSA) is 62.2 Å². The fourth-order valence-corrected chi connectivity index (χ4v) is 5.92. The Morgan fingerprint density at radius 1 is 1.16 bits per heavy atom. The van der Waals surface area contributed by atoms with Crippen LogP contribution in [0.5, 0.6) is 5.75 Å². The molecule has 1 aliphatic carbocycles. The molecule has 2 aliphatic rings. The highest BCUT2D eigenvalue weighted by molar-refractivity contribution is 7.10. The van der Waals surface area contributed by atoms with E-state index in [1.807, 2.05) is 35.2 Å². The number of aliphatic hydroxyl groups excluding tert-OH is 1. The minimum absolute atomic E-state index is 0.0211. The largest absolute Gasteiger partial charge is 0.491 e. The zero-order valence-corrected chi connectivity index (χ0v) is 22.3. The molecule has 5 rings (SSSR count). The predicted octanol–water partition coefficient (Wildman–Crippen LogP) is 4.68. The maximum absolute atomic E-state index is 13.7. The van der Waals surface area contributed by atoms with Gasteiger partial charge in [0, 0.05) is 30.6 Å². The lowest BCUT2D eigenvalue weighted by atomic mass is 10.0. The second-order valence-electron chi connectivity index (χ2n) is 10.2. The van der Waals surface area contributed by atoms with E-state index in [9.17, 15) is 14.3 Å². The molecule has 1 amide bonds. The Hall–Kier alpha value is -2.78. The zero-order chi connectivity index (χ0) is 26.3. The van der Waals surface area contributed by atoms with Crippen molar-refractivity contribution in [2.24, 2.45) is 5.92 Å². The smallest absolute Gasteiger partial charge is 0.237 e. The summed E-state index contributed by atoms with van der Waals surface area (Å²) >= 11 is 1.70. The lowest BCUT2D eigenvalue weighted by Gasteiger charge is -2.37. The first-order valence-corrected chi connectivity index (χ1v) is 14.2. The number of nitrogens with zero attached hydrogens (tertiary/aromatic N) is 2. The van der Waals surface area contributed by atoms with Gasteiger partial charge in [-0.1, -0.05) is 36.4 Å². The molecule has 2 heterocycles. The minimum atomic E-state index is -0.679. The highest BCUT2D eigenvalue weighted by Gasteiger charge is 2.34. The van der Waals surface area contributed by atoms with Crippen LogP contribution in [-0.4, -0.2) is 66.3 Å². The molecule has 38 heavy (non-hydrogen) atoms. The van der Waals surface area contributed by atoms with Crippen LogP contribution in [0.2, 0.25) is 0 Å². The van der Waals surface area contributed by atoms with Gasteiger partial charge < -0.3 is 19.5 Å². The molecule has 2 aromatic carbocycles. The molecule has 0 radical (unpaired) electrons. The van der Waals surface area contributed by atoms with E-state index in [1.54, 1.807) is 23.5 Å². The monoisotopic (exact) mass is 538 g/mol. The first kappa shape index (κ1) is 26.8. The molecular weight excluding hydrogens is 503 g/mol. The van der Waals surface area contributed by atoms with Crippen LogP contribution in [0.4, 0.5) is 4.39 Å². The number of hydrogen-bond acceptors (Lipinski definition) is 6. The van der Waals surface area contributed by atoms with Crippen molar-refractivity contribution >= 4 is 17.2 Å². The van der Waals surface area contributed by atoms with Crippen LogP contribution in [-0.2, 0) is 22.6 Å². The molecule has 1 aliphatic heterocycles. The second kappa shape index (κ2) is 12.8. The number of thiophene rings is 1. The summed E-state index contributed by atoms with van der Waals surface area (Å²) in [4.78, 5) is 18.9. The van der Waals surface area contributed by atoms with E-state index in [2.05, 4.69) is 16.3 Å². The van der Waals surface area contributed by atoms with Crippen LogP contribution in [0.1, 0.15) is 34.9 Å². The molecule has 1 N–H and O–H groups in total. The van der Waals surface area contributed by atoms with Gasteiger partial charge >= 0.3 is 0 Å². The Labute approximate surface area is 227 Å². The number of carbonyl (C=O) groups excluding carboxylic acids is 1. The van der Waals surface area contributed by atoms with Crippen molar-refractivity contribution in [1.29, 1.82) is 0 Å². The standard InChI is InChI=1S/C30H35FN2O4S/c31-24-7-4-8-26(15-24)37-21-28-27-12-14-38-29(27)11-13-33(28)30(35)18-32(16-22-9-10-22)17-25(34)20-36-19-23-5-2-1-3-6-23/h1-8,12,14-15,22,25,28,34H,9-11,13,16-21H2/t25-,28-/m1/s1. The maximum Gasteiger partial charge on any atom is 0.237 e. The summed E-state index contributed by atoms with van der Waals surface area (Å²) in [7, 11) is 0. The van der Waals surface area contributed by atoms with E-state index in [1.165, 1.54) is 17.0 Å². The number of hydrogen-bond donors (Lipinski definition) is 1. The quantitative estimate of drug-likeness (QED) is 0.342. The lowest BCUT2D eigenvalue weighted by molar-refractivity contribution is -0.136. The summed E-state index contributed by atoms with van der Waals surface area (Å²) in [6, 6.07) is 17.8. The Balaban J connectivity index is 1.20. The molecule has 202 valence electrons. The minimum Gasteiger partial charge on any atom is -0.491 e. The highest BCUT2D eigenvalue weighted by Crippen LogP contribution is 2.34. The summed E-state index contributed by atoms with van der Waals surface area (Å²) < 4.78 is 25.4. The van der Waals surface area contributed by atoms with E-state index in [-0.39, 0.29) is 37.5 Å². The third kappa shape index (κ3) is 7.41. The number of amides is 1. The fraction of sp³-hybridized carbons (Fsp3) is 0.433. The van der Waals surface area contributed by atoms with Gasteiger partial charge in [-0.3, -0.25) is 9.69 Å². The van der Waals surface area contributed by atoms with Crippen molar-refractivity contribution in [3.63, 3.8) is 0 Å². The molecule has 1 aromatic heterocycles. The molecule has 0 unspecified atom stereocenters. The number of halogens is 1. The summed E-state index contributed by atoms with van der Waals surface area (Å²) in [5, 5.41) is 12.8. The van der Waals surface area contributed by atoms with Gasteiger partial charge in [-0.15, -0.1) is 11.3 Å². The first-order chi connectivity index (χ1) is 18.5. The molecule has 1 fully saturated rings. The summed E-state index contributed by atoms with van der Waals surface area (Å²) in [5.41, 5.74) is 2.17. The van der Waals surface area contributed by atoms with Crippen molar-refractivity contribution in [2.45, 2.75) is 38.0 Å². The Morgan fingerprint density at radius 3 is 2.79 bits per heavy atom. The Bertz CT molecular complexity index is 1190. The summed E-state index contributed by atoms with van der Waals surface area (Å²) in [6.07, 6.45) is 2.46. The molecule has 3 aromatic rings. The molecule has 2 atom stereocenters. The van der Waals surface area contributed by atoms with Gasteiger partial charge in [0.05, 0.1) is 31.9 Å². The Kier molecular flexibility index (Phi) is 9.06. The average molecular weight is 539 g/mol. The van der Waals surface area contributed by atoms with E-state index >= 15 is 0 Å². The number of benzene rings is 2. The third-order valence-electron chi connectivity index (χ3n) is 7.08. The van der Waals surface area contributed by atoms with Crippen LogP contribution in [0.25, 0.3) is 0 Å².